The van der Waals surface area contributed by atoms with E-state index in [1.54, 1.807) is 6.07 Å². The molecule has 0 amide bonds. The number of hydrogen-bond donors (Lipinski definition) is 1. The number of benzene rings is 2. The molecule has 0 unspecified atom stereocenters. The summed E-state index contributed by atoms with van der Waals surface area (Å²) in [5.74, 6) is -0.272. The van der Waals surface area contributed by atoms with Gasteiger partial charge in [0.15, 0.2) is 0 Å². The largest absolute Gasteiger partial charge is 0.380 e. The van der Waals surface area contributed by atoms with Crippen LogP contribution in [0.3, 0.4) is 0 Å². The highest BCUT2D eigenvalue weighted by molar-refractivity contribution is 9.10. The highest BCUT2D eigenvalue weighted by atomic mass is 79.9. The summed E-state index contributed by atoms with van der Waals surface area (Å²) in [7, 11) is 0. The summed E-state index contributed by atoms with van der Waals surface area (Å²) >= 11 is 12.8. The molecule has 0 aliphatic carbocycles. The minimum Gasteiger partial charge on any atom is -0.380 e. The van der Waals surface area contributed by atoms with Crippen molar-refractivity contribution in [3.63, 3.8) is 0 Å². The quantitative estimate of drug-likeness (QED) is 0.714. The van der Waals surface area contributed by atoms with E-state index in [1.807, 2.05) is 18.2 Å². The smallest absolute Gasteiger partial charge is 0.125 e. The minimum atomic E-state index is -0.272. The lowest BCUT2D eigenvalue weighted by molar-refractivity contribution is 0.628. The molecule has 0 radical (unpaired) electrons. The monoisotopic (exact) mass is 391 g/mol. The first-order valence-electron chi connectivity index (χ1n) is 5.19. The van der Waals surface area contributed by atoms with Gasteiger partial charge in [0.05, 0.1) is 5.69 Å². The van der Waals surface area contributed by atoms with Crippen molar-refractivity contribution in [2.24, 2.45) is 0 Å². The Kier molecular flexibility index (Phi) is 4.65. The summed E-state index contributed by atoms with van der Waals surface area (Å²) in [5, 5.41) is 3.84. The van der Waals surface area contributed by atoms with Crippen LogP contribution in [0.25, 0.3) is 0 Å². The molecule has 18 heavy (non-hydrogen) atoms. The summed E-state index contributed by atoms with van der Waals surface area (Å²) in [6.45, 7) is 0.559. The molecule has 94 valence electrons. The second-order valence-electron chi connectivity index (χ2n) is 3.71. The number of hydrogen-bond acceptors (Lipinski definition) is 1. The molecule has 0 bridgehead atoms. The van der Waals surface area contributed by atoms with Gasteiger partial charge in [-0.25, -0.2) is 4.39 Å². The van der Waals surface area contributed by atoms with E-state index in [1.165, 1.54) is 12.1 Å². The van der Waals surface area contributed by atoms with Crippen LogP contribution in [0.15, 0.2) is 45.3 Å². The van der Waals surface area contributed by atoms with Crippen LogP contribution in [0.1, 0.15) is 5.56 Å². The minimum absolute atomic E-state index is 0.272. The van der Waals surface area contributed by atoms with Gasteiger partial charge in [-0.15, -0.1) is 0 Å². The zero-order chi connectivity index (χ0) is 13.1. The Labute approximate surface area is 127 Å². The molecule has 1 nitrogen and oxygen atoms in total. The predicted molar refractivity (Wildman–Crippen MR) is 80.6 cm³/mol. The van der Waals surface area contributed by atoms with Crippen molar-refractivity contribution in [2.75, 3.05) is 5.32 Å². The van der Waals surface area contributed by atoms with Gasteiger partial charge >= 0.3 is 0 Å². The normalized spacial score (nSPS) is 10.4. The van der Waals surface area contributed by atoms with Crippen LogP contribution >= 0.6 is 43.5 Å². The lowest BCUT2D eigenvalue weighted by atomic mass is 10.2. The average Bonchev–Trinajstić information content (AvgIpc) is 2.34. The first-order chi connectivity index (χ1) is 8.56. The van der Waals surface area contributed by atoms with Gasteiger partial charge in [0.1, 0.15) is 5.82 Å². The van der Waals surface area contributed by atoms with E-state index in [4.69, 9.17) is 11.6 Å². The molecule has 5 heteroatoms. The van der Waals surface area contributed by atoms with Gasteiger partial charge in [0, 0.05) is 20.5 Å². The highest BCUT2D eigenvalue weighted by Crippen LogP contribution is 2.26. The summed E-state index contributed by atoms with van der Waals surface area (Å²) in [5.41, 5.74) is 1.72. The van der Waals surface area contributed by atoms with Gasteiger partial charge in [-0.2, -0.15) is 0 Å². The lowest BCUT2D eigenvalue weighted by Crippen LogP contribution is -2.01. The molecule has 2 aromatic carbocycles. The number of nitrogens with one attached hydrogen (secondary N) is 1. The third-order valence-electron chi connectivity index (χ3n) is 2.41. The number of anilines is 1. The molecule has 0 heterocycles. The molecular formula is C13H9Br2ClFN. The fraction of sp³-hybridized carbons (Fsp3) is 0.0769. The van der Waals surface area contributed by atoms with Gasteiger partial charge in [-0.1, -0.05) is 27.5 Å². The maximum absolute atomic E-state index is 13.1. The lowest BCUT2D eigenvalue weighted by Gasteiger charge is -2.10. The average molecular weight is 393 g/mol. The zero-order valence-electron chi connectivity index (χ0n) is 9.18. The molecule has 2 aromatic rings. The zero-order valence-corrected chi connectivity index (χ0v) is 13.1. The van der Waals surface area contributed by atoms with Crippen molar-refractivity contribution >= 4 is 49.1 Å². The third-order valence-corrected chi connectivity index (χ3v) is 4.11. The third kappa shape index (κ3) is 3.46. The van der Waals surface area contributed by atoms with Gasteiger partial charge in [-0.3, -0.25) is 0 Å². The molecule has 2 rings (SSSR count). The second kappa shape index (κ2) is 6.04. The van der Waals surface area contributed by atoms with Gasteiger partial charge in [0.2, 0.25) is 0 Å². The van der Waals surface area contributed by atoms with Gasteiger partial charge in [-0.05, 0) is 57.9 Å². The first kappa shape index (κ1) is 13.8. The molecule has 0 aliphatic heterocycles. The fourth-order valence-electron chi connectivity index (χ4n) is 1.50. The molecule has 0 saturated heterocycles. The van der Waals surface area contributed by atoms with Crippen molar-refractivity contribution in [3.8, 4) is 0 Å². The predicted octanol–water partition coefficient (Wildman–Crippen LogP) is 5.62. The van der Waals surface area contributed by atoms with Crippen LogP contribution in [0.2, 0.25) is 5.02 Å². The Morgan fingerprint density at radius 2 is 1.78 bits per heavy atom. The fourth-order valence-corrected chi connectivity index (χ4v) is 2.47. The van der Waals surface area contributed by atoms with Crippen LogP contribution in [-0.2, 0) is 6.54 Å². The van der Waals surface area contributed by atoms with E-state index >= 15 is 0 Å². The Balaban J connectivity index is 2.16. The van der Waals surface area contributed by atoms with E-state index in [2.05, 4.69) is 37.2 Å². The first-order valence-corrected chi connectivity index (χ1v) is 7.15. The van der Waals surface area contributed by atoms with Crippen molar-refractivity contribution in [3.05, 3.63) is 61.7 Å². The summed E-state index contributed by atoms with van der Waals surface area (Å²) in [6, 6.07) is 10.1. The van der Waals surface area contributed by atoms with Crippen LogP contribution in [0.4, 0.5) is 10.1 Å². The Morgan fingerprint density at radius 1 is 1.06 bits per heavy atom. The van der Waals surface area contributed by atoms with Crippen LogP contribution in [-0.4, -0.2) is 0 Å². The van der Waals surface area contributed by atoms with E-state index in [9.17, 15) is 4.39 Å². The van der Waals surface area contributed by atoms with Gasteiger partial charge in [0.25, 0.3) is 0 Å². The van der Waals surface area contributed by atoms with Crippen molar-refractivity contribution in [1.29, 1.82) is 0 Å². The SMILES string of the molecule is Fc1ccc(Br)c(NCc2cc(Cl)ccc2Br)c1. The maximum Gasteiger partial charge on any atom is 0.125 e. The number of rotatable bonds is 3. The van der Waals surface area contributed by atoms with Gasteiger partial charge < -0.3 is 5.32 Å². The molecule has 0 atom stereocenters. The summed E-state index contributed by atoms with van der Waals surface area (Å²) < 4.78 is 14.9. The molecular weight excluding hydrogens is 384 g/mol. The van der Waals surface area contributed by atoms with Crippen molar-refractivity contribution in [2.45, 2.75) is 6.54 Å². The van der Waals surface area contributed by atoms with Crippen molar-refractivity contribution < 1.29 is 4.39 Å². The second-order valence-corrected chi connectivity index (χ2v) is 5.86. The van der Waals surface area contributed by atoms with E-state index in [0.29, 0.717) is 17.3 Å². The Bertz CT molecular complexity index is 523. The van der Waals surface area contributed by atoms with Crippen molar-refractivity contribution in [1.82, 2.24) is 0 Å². The molecule has 1 N–H and O–H groups in total. The highest BCUT2D eigenvalue weighted by Gasteiger charge is 2.04. The Hall–Kier alpha value is -0.580. The number of halogens is 4. The Morgan fingerprint density at radius 3 is 2.56 bits per heavy atom. The topological polar surface area (TPSA) is 12.0 Å². The molecule has 0 fully saturated rings. The van der Waals surface area contributed by atoms with Crippen LogP contribution in [0, 0.1) is 5.82 Å². The molecule has 0 aliphatic rings. The molecule has 0 saturated carbocycles. The van der Waals surface area contributed by atoms with E-state index in [0.717, 1.165) is 14.5 Å². The van der Waals surface area contributed by atoms with E-state index < -0.39 is 0 Å². The van der Waals surface area contributed by atoms with E-state index in [-0.39, 0.29) is 5.82 Å². The standard InChI is InChI=1S/C13H9Br2ClFN/c14-11-3-1-9(16)5-8(11)7-18-13-6-10(17)2-4-12(13)15/h1-6,18H,7H2. The molecule has 0 spiro atoms. The molecule has 0 aromatic heterocycles. The van der Waals surface area contributed by atoms with Crippen LogP contribution in [0.5, 0.6) is 0 Å². The summed E-state index contributed by atoms with van der Waals surface area (Å²) in [4.78, 5) is 0. The van der Waals surface area contributed by atoms with Crippen LogP contribution < -0.4 is 5.32 Å². The summed E-state index contributed by atoms with van der Waals surface area (Å²) in [6.07, 6.45) is 0. The maximum atomic E-state index is 13.1.